The third-order valence-corrected chi connectivity index (χ3v) is 2.14. The molecule has 0 heterocycles. The Hall–Kier alpha value is -0.360. The van der Waals surface area contributed by atoms with Crippen LogP contribution < -0.4 is 4.74 Å². The van der Waals surface area contributed by atoms with Gasteiger partial charge in [-0.15, -0.1) is 25.8 Å². The molecule has 0 bridgehead atoms. The van der Waals surface area contributed by atoms with Gasteiger partial charge in [0.25, 0.3) is 0 Å². The van der Waals surface area contributed by atoms with Crippen molar-refractivity contribution in [3.63, 3.8) is 0 Å². The third-order valence-electron chi connectivity index (χ3n) is 1.16. The average Bonchev–Trinajstić information content (AvgIpc) is 1.95. The van der Waals surface area contributed by atoms with Crippen molar-refractivity contribution in [1.29, 1.82) is 0 Å². The van der Waals surface area contributed by atoms with Gasteiger partial charge in [-0.05, 0) is 28.1 Å². The summed E-state index contributed by atoms with van der Waals surface area (Å²) >= 11 is 6.75. The second-order valence-corrected chi connectivity index (χ2v) is 3.47. The number of ether oxygens (including phenoxy) is 1. The van der Waals surface area contributed by atoms with E-state index in [4.69, 9.17) is 0 Å². The summed E-state index contributed by atoms with van der Waals surface area (Å²) in [6, 6.07) is 4.42. The molecular formula is C7H4BrF3OS. The van der Waals surface area contributed by atoms with Crippen LogP contribution in [0.5, 0.6) is 5.75 Å². The Morgan fingerprint density at radius 1 is 1.31 bits per heavy atom. The lowest BCUT2D eigenvalue weighted by Crippen LogP contribution is -2.17. The Bertz CT molecular complexity index is 293. The largest absolute Gasteiger partial charge is 0.573 e. The number of thiol groups is 1. The molecule has 0 saturated carbocycles. The maximum atomic E-state index is 11.8. The van der Waals surface area contributed by atoms with Crippen LogP contribution in [0.1, 0.15) is 0 Å². The Morgan fingerprint density at radius 3 is 2.38 bits per heavy atom. The molecule has 0 radical (unpaired) electrons. The molecule has 1 rings (SSSR count). The summed E-state index contributed by atoms with van der Waals surface area (Å²) in [5.41, 5.74) is 0. The molecule has 1 aromatic carbocycles. The number of hydrogen-bond acceptors (Lipinski definition) is 2. The standard InChI is InChI=1S/C7H4BrF3OS/c8-4-2-1-3-5(13)6(4)12-7(9,10)11/h1-3,13H. The molecule has 13 heavy (non-hydrogen) atoms. The first kappa shape index (κ1) is 10.7. The first-order chi connectivity index (χ1) is 5.90. The second-order valence-electron chi connectivity index (χ2n) is 2.14. The van der Waals surface area contributed by atoms with Gasteiger partial charge >= 0.3 is 6.36 Å². The number of halogens is 4. The Kier molecular flexibility index (Phi) is 3.13. The monoisotopic (exact) mass is 272 g/mol. The van der Waals surface area contributed by atoms with Gasteiger partial charge in [0.15, 0.2) is 5.75 Å². The van der Waals surface area contributed by atoms with E-state index in [0.717, 1.165) is 0 Å². The predicted molar refractivity (Wildman–Crippen MR) is 48.1 cm³/mol. The molecule has 0 fully saturated rings. The molecule has 0 aromatic heterocycles. The molecule has 1 aromatic rings. The van der Waals surface area contributed by atoms with E-state index in [1.165, 1.54) is 12.1 Å². The van der Waals surface area contributed by atoms with Crippen molar-refractivity contribution in [3.05, 3.63) is 22.7 Å². The SMILES string of the molecule is FC(F)(F)Oc1c(S)cccc1Br. The van der Waals surface area contributed by atoms with Crippen LogP contribution in [0.3, 0.4) is 0 Å². The minimum Gasteiger partial charge on any atom is -0.403 e. The van der Waals surface area contributed by atoms with E-state index >= 15 is 0 Å². The normalized spacial score (nSPS) is 11.5. The molecule has 0 aliphatic carbocycles. The van der Waals surface area contributed by atoms with Gasteiger partial charge in [-0.2, -0.15) is 0 Å². The quantitative estimate of drug-likeness (QED) is 0.768. The molecule has 0 amide bonds. The van der Waals surface area contributed by atoms with Crippen molar-refractivity contribution in [3.8, 4) is 5.75 Å². The Balaban J connectivity index is 3.00. The first-order valence-corrected chi connectivity index (χ1v) is 4.37. The first-order valence-electron chi connectivity index (χ1n) is 3.13. The number of para-hydroxylation sites is 1. The lowest BCUT2D eigenvalue weighted by Gasteiger charge is -2.11. The average molecular weight is 273 g/mol. The summed E-state index contributed by atoms with van der Waals surface area (Å²) in [5, 5.41) is 0. The molecule has 0 aliphatic rings. The van der Waals surface area contributed by atoms with Crippen molar-refractivity contribution in [2.75, 3.05) is 0 Å². The molecule has 1 nitrogen and oxygen atoms in total. The fraction of sp³-hybridized carbons (Fsp3) is 0.143. The smallest absolute Gasteiger partial charge is 0.403 e. The summed E-state index contributed by atoms with van der Waals surface area (Å²) < 4.78 is 39.4. The van der Waals surface area contributed by atoms with E-state index in [-0.39, 0.29) is 15.1 Å². The zero-order valence-electron chi connectivity index (χ0n) is 6.10. The maximum absolute atomic E-state index is 11.8. The molecule has 0 spiro atoms. The van der Waals surface area contributed by atoms with E-state index in [1.807, 2.05) is 0 Å². The van der Waals surface area contributed by atoms with E-state index < -0.39 is 6.36 Å². The molecule has 0 aliphatic heterocycles. The molecule has 0 saturated heterocycles. The number of benzene rings is 1. The van der Waals surface area contributed by atoms with Gasteiger partial charge in [0.05, 0.1) is 4.47 Å². The lowest BCUT2D eigenvalue weighted by molar-refractivity contribution is -0.275. The van der Waals surface area contributed by atoms with Gasteiger partial charge in [0, 0.05) is 4.90 Å². The number of alkyl halides is 3. The van der Waals surface area contributed by atoms with E-state index in [1.54, 1.807) is 6.07 Å². The molecule has 72 valence electrons. The topological polar surface area (TPSA) is 9.23 Å². The van der Waals surface area contributed by atoms with Crippen LogP contribution in [-0.2, 0) is 0 Å². The van der Waals surface area contributed by atoms with Gasteiger partial charge in [0.2, 0.25) is 0 Å². The fourth-order valence-corrected chi connectivity index (χ4v) is 1.57. The molecular weight excluding hydrogens is 269 g/mol. The van der Waals surface area contributed by atoms with E-state index in [2.05, 4.69) is 33.3 Å². The van der Waals surface area contributed by atoms with E-state index in [0.29, 0.717) is 0 Å². The van der Waals surface area contributed by atoms with Gasteiger partial charge in [0.1, 0.15) is 0 Å². The zero-order valence-corrected chi connectivity index (χ0v) is 8.58. The molecule has 0 unspecified atom stereocenters. The summed E-state index contributed by atoms with van der Waals surface area (Å²) in [4.78, 5) is 0.131. The lowest BCUT2D eigenvalue weighted by atomic mass is 10.3. The van der Waals surface area contributed by atoms with Crippen LogP contribution in [0.25, 0.3) is 0 Å². The van der Waals surface area contributed by atoms with Crippen LogP contribution in [0.2, 0.25) is 0 Å². The van der Waals surface area contributed by atoms with Crippen LogP contribution >= 0.6 is 28.6 Å². The summed E-state index contributed by atoms with van der Waals surface area (Å²) in [5.74, 6) is -0.321. The maximum Gasteiger partial charge on any atom is 0.573 e. The number of hydrogen-bond donors (Lipinski definition) is 1. The zero-order chi connectivity index (χ0) is 10.1. The molecule has 0 atom stereocenters. The van der Waals surface area contributed by atoms with Gasteiger partial charge in [-0.25, -0.2) is 0 Å². The van der Waals surface area contributed by atoms with Crippen LogP contribution in [0, 0.1) is 0 Å². The highest BCUT2D eigenvalue weighted by atomic mass is 79.9. The minimum atomic E-state index is -4.69. The van der Waals surface area contributed by atoms with Crippen molar-refractivity contribution >= 4 is 28.6 Å². The highest BCUT2D eigenvalue weighted by Gasteiger charge is 2.32. The van der Waals surface area contributed by atoms with Gasteiger partial charge in [-0.1, -0.05) is 6.07 Å². The minimum absolute atomic E-state index is 0.131. The van der Waals surface area contributed by atoms with Gasteiger partial charge < -0.3 is 4.74 Å². The fourth-order valence-electron chi connectivity index (χ4n) is 0.714. The van der Waals surface area contributed by atoms with Crippen molar-refractivity contribution in [1.82, 2.24) is 0 Å². The van der Waals surface area contributed by atoms with Crippen molar-refractivity contribution in [2.45, 2.75) is 11.3 Å². The highest BCUT2D eigenvalue weighted by molar-refractivity contribution is 9.10. The van der Waals surface area contributed by atoms with Crippen LogP contribution in [0.15, 0.2) is 27.6 Å². The van der Waals surface area contributed by atoms with Gasteiger partial charge in [-0.3, -0.25) is 0 Å². The summed E-state index contributed by atoms with van der Waals surface area (Å²) in [6.45, 7) is 0. The van der Waals surface area contributed by atoms with Crippen molar-refractivity contribution < 1.29 is 17.9 Å². The summed E-state index contributed by atoms with van der Waals surface area (Å²) in [7, 11) is 0. The molecule has 6 heteroatoms. The Labute approximate surface area is 86.4 Å². The number of rotatable bonds is 1. The third kappa shape index (κ3) is 3.11. The highest BCUT2D eigenvalue weighted by Crippen LogP contribution is 2.35. The molecule has 0 N–H and O–H groups in total. The van der Waals surface area contributed by atoms with Crippen LogP contribution in [-0.4, -0.2) is 6.36 Å². The Morgan fingerprint density at radius 2 is 1.92 bits per heavy atom. The predicted octanol–water partition coefficient (Wildman–Crippen LogP) is 3.64. The second kappa shape index (κ2) is 3.79. The van der Waals surface area contributed by atoms with E-state index in [9.17, 15) is 13.2 Å². The summed E-state index contributed by atoms with van der Waals surface area (Å²) in [6.07, 6.45) is -4.69. The van der Waals surface area contributed by atoms with Crippen molar-refractivity contribution in [2.24, 2.45) is 0 Å². The van der Waals surface area contributed by atoms with Crippen LogP contribution in [0.4, 0.5) is 13.2 Å².